The second-order valence-electron chi connectivity index (χ2n) is 5.82. The predicted octanol–water partition coefficient (Wildman–Crippen LogP) is 2.66. The van der Waals surface area contributed by atoms with Crippen molar-refractivity contribution in [3.05, 3.63) is 0 Å². The molecule has 0 saturated carbocycles. The largest absolute Gasteiger partial charge is 0.377 e. The molecule has 0 aliphatic carbocycles. The minimum absolute atomic E-state index is 0.181. The van der Waals surface area contributed by atoms with Crippen LogP contribution >= 0.6 is 0 Å². The van der Waals surface area contributed by atoms with Crippen molar-refractivity contribution in [2.75, 3.05) is 0 Å². The molecule has 0 radical (unpaired) electrons. The van der Waals surface area contributed by atoms with E-state index in [9.17, 15) is 5.11 Å². The monoisotopic (exact) mass is 198 g/mol. The van der Waals surface area contributed by atoms with Crippen molar-refractivity contribution >= 4 is 8.07 Å². The zero-order valence-corrected chi connectivity index (χ0v) is 10.9. The molecule has 0 rings (SSSR count). The Bertz CT molecular complexity index is 230. The van der Waals surface area contributed by atoms with Gasteiger partial charge in [0.15, 0.2) is 0 Å². The minimum Gasteiger partial charge on any atom is -0.377 e. The van der Waals surface area contributed by atoms with E-state index in [0.29, 0.717) is 0 Å². The SMILES string of the molecule is CC(C)(C)[C@](C)(O)C#C[Si](C)(C)C. The Kier molecular flexibility index (Phi) is 3.40. The highest BCUT2D eigenvalue weighted by atomic mass is 28.3. The summed E-state index contributed by atoms with van der Waals surface area (Å²) in [6.07, 6.45) is 0. The van der Waals surface area contributed by atoms with Crippen LogP contribution in [0.2, 0.25) is 19.6 Å². The standard InChI is InChI=1S/C11H22OSi/c1-10(2,3)11(4,12)8-9-13(5,6)7/h12H,1-7H3/t11-/m1/s1. The molecule has 13 heavy (non-hydrogen) atoms. The summed E-state index contributed by atoms with van der Waals surface area (Å²) in [6, 6.07) is 0. The molecule has 1 N–H and O–H groups in total. The molecule has 0 heterocycles. The first-order chi connectivity index (χ1) is 5.46. The lowest BCUT2D eigenvalue weighted by atomic mass is 9.78. The molecule has 76 valence electrons. The second kappa shape index (κ2) is 3.47. The summed E-state index contributed by atoms with van der Waals surface area (Å²) in [5.41, 5.74) is 2.15. The first kappa shape index (κ1) is 12.7. The topological polar surface area (TPSA) is 20.2 Å². The van der Waals surface area contributed by atoms with Crippen molar-refractivity contribution in [2.45, 2.75) is 52.9 Å². The summed E-state index contributed by atoms with van der Waals surface area (Å²) in [5.74, 6) is 3.01. The van der Waals surface area contributed by atoms with E-state index in [1.807, 2.05) is 20.8 Å². The molecule has 2 heteroatoms. The highest BCUT2D eigenvalue weighted by Crippen LogP contribution is 2.29. The number of rotatable bonds is 0. The van der Waals surface area contributed by atoms with E-state index in [-0.39, 0.29) is 5.41 Å². The van der Waals surface area contributed by atoms with Gasteiger partial charge >= 0.3 is 0 Å². The van der Waals surface area contributed by atoms with Crippen molar-refractivity contribution in [1.29, 1.82) is 0 Å². The average Bonchev–Trinajstić information content (AvgIpc) is 1.79. The maximum Gasteiger partial charge on any atom is 0.129 e. The van der Waals surface area contributed by atoms with Crippen molar-refractivity contribution in [1.82, 2.24) is 0 Å². The smallest absolute Gasteiger partial charge is 0.129 e. The summed E-state index contributed by atoms with van der Waals surface area (Å²) in [5, 5.41) is 10.1. The van der Waals surface area contributed by atoms with Gasteiger partial charge in [0.05, 0.1) is 0 Å². The molecule has 0 fully saturated rings. The Morgan fingerprint density at radius 1 is 1.00 bits per heavy atom. The molecule has 1 nitrogen and oxygen atoms in total. The van der Waals surface area contributed by atoms with E-state index in [1.54, 1.807) is 6.92 Å². The summed E-state index contributed by atoms with van der Waals surface area (Å²) in [7, 11) is -1.37. The first-order valence-corrected chi connectivity index (χ1v) is 8.22. The molecule has 0 aliphatic rings. The van der Waals surface area contributed by atoms with E-state index >= 15 is 0 Å². The van der Waals surface area contributed by atoms with Gasteiger partial charge in [0.1, 0.15) is 13.7 Å². The van der Waals surface area contributed by atoms with E-state index in [1.165, 1.54) is 0 Å². The van der Waals surface area contributed by atoms with Crippen molar-refractivity contribution in [3.63, 3.8) is 0 Å². The average molecular weight is 198 g/mol. The predicted molar refractivity (Wildman–Crippen MR) is 61.2 cm³/mol. The van der Waals surface area contributed by atoms with Crippen LogP contribution in [-0.2, 0) is 0 Å². The third-order valence-electron chi connectivity index (χ3n) is 2.14. The van der Waals surface area contributed by atoms with Gasteiger partial charge in [-0.25, -0.2) is 0 Å². The summed E-state index contributed by atoms with van der Waals surface area (Å²) >= 11 is 0. The van der Waals surface area contributed by atoms with Crippen LogP contribution in [0.1, 0.15) is 27.7 Å². The van der Waals surface area contributed by atoms with Gasteiger partial charge in [-0.15, -0.1) is 5.54 Å². The maximum atomic E-state index is 10.1. The van der Waals surface area contributed by atoms with Crippen LogP contribution in [-0.4, -0.2) is 18.8 Å². The summed E-state index contributed by atoms with van der Waals surface area (Å²) in [6.45, 7) is 14.3. The normalized spacial score (nSPS) is 17.2. The molecule has 0 spiro atoms. The first-order valence-electron chi connectivity index (χ1n) is 4.72. The molecular formula is C11H22OSi. The molecule has 0 aliphatic heterocycles. The van der Waals surface area contributed by atoms with Crippen LogP contribution in [0.4, 0.5) is 0 Å². The summed E-state index contributed by atoms with van der Waals surface area (Å²) < 4.78 is 0. The number of hydrogen-bond donors (Lipinski definition) is 1. The fourth-order valence-corrected chi connectivity index (χ4v) is 1.12. The molecule has 0 aromatic rings. The number of aliphatic hydroxyl groups is 1. The van der Waals surface area contributed by atoms with Crippen molar-refractivity contribution in [3.8, 4) is 11.5 Å². The van der Waals surface area contributed by atoms with Crippen molar-refractivity contribution < 1.29 is 5.11 Å². The van der Waals surface area contributed by atoms with Gasteiger partial charge in [-0.05, 0) is 6.92 Å². The van der Waals surface area contributed by atoms with Crippen LogP contribution in [0.25, 0.3) is 0 Å². The van der Waals surface area contributed by atoms with Crippen LogP contribution in [0.3, 0.4) is 0 Å². The quantitative estimate of drug-likeness (QED) is 0.469. The molecule has 0 amide bonds. The highest BCUT2D eigenvalue weighted by molar-refractivity contribution is 6.83. The second-order valence-corrected chi connectivity index (χ2v) is 10.6. The lowest BCUT2D eigenvalue weighted by Gasteiger charge is -2.32. The zero-order chi connectivity index (χ0) is 10.9. The van der Waals surface area contributed by atoms with Gasteiger partial charge < -0.3 is 5.11 Å². The van der Waals surface area contributed by atoms with Gasteiger partial charge in [-0.3, -0.25) is 0 Å². The van der Waals surface area contributed by atoms with E-state index in [2.05, 4.69) is 31.1 Å². The van der Waals surface area contributed by atoms with Crippen LogP contribution < -0.4 is 0 Å². The van der Waals surface area contributed by atoms with Crippen LogP contribution in [0, 0.1) is 16.9 Å². The molecular weight excluding hydrogens is 176 g/mol. The molecule has 0 bridgehead atoms. The van der Waals surface area contributed by atoms with E-state index in [4.69, 9.17) is 0 Å². The maximum absolute atomic E-state index is 10.1. The van der Waals surface area contributed by atoms with Crippen LogP contribution in [0.15, 0.2) is 0 Å². The van der Waals surface area contributed by atoms with E-state index in [0.717, 1.165) is 0 Å². The van der Waals surface area contributed by atoms with Gasteiger partial charge in [0.25, 0.3) is 0 Å². The van der Waals surface area contributed by atoms with Gasteiger partial charge in [0.2, 0.25) is 0 Å². The lowest BCUT2D eigenvalue weighted by Crippen LogP contribution is -2.38. The van der Waals surface area contributed by atoms with Crippen molar-refractivity contribution in [2.24, 2.45) is 5.41 Å². The minimum atomic E-state index is -1.37. The fourth-order valence-electron chi connectivity index (χ4n) is 0.497. The zero-order valence-electron chi connectivity index (χ0n) is 9.95. The lowest BCUT2D eigenvalue weighted by molar-refractivity contribution is 0.0129. The highest BCUT2D eigenvalue weighted by Gasteiger charge is 2.33. The Balaban J connectivity index is 4.77. The van der Waals surface area contributed by atoms with Gasteiger partial charge in [0, 0.05) is 5.41 Å². The number of hydrogen-bond acceptors (Lipinski definition) is 1. The molecule has 0 aromatic carbocycles. The molecule has 0 saturated heterocycles. The van der Waals surface area contributed by atoms with Gasteiger partial charge in [-0.1, -0.05) is 46.3 Å². The van der Waals surface area contributed by atoms with Gasteiger partial charge in [-0.2, -0.15) is 0 Å². The summed E-state index contributed by atoms with van der Waals surface area (Å²) in [4.78, 5) is 0. The Morgan fingerprint density at radius 2 is 1.38 bits per heavy atom. The Labute approximate surface area is 83.6 Å². The molecule has 0 aromatic heterocycles. The fraction of sp³-hybridized carbons (Fsp3) is 0.818. The van der Waals surface area contributed by atoms with E-state index < -0.39 is 13.7 Å². The molecule has 1 atom stereocenters. The Morgan fingerprint density at radius 3 is 1.62 bits per heavy atom. The Hall–Kier alpha value is -0.263. The third-order valence-corrected chi connectivity index (χ3v) is 3.02. The molecule has 0 unspecified atom stereocenters. The van der Waals surface area contributed by atoms with Crippen LogP contribution in [0.5, 0.6) is 0 Å². The third kappa shape index (κ3) is 4.49.